The highest BCUT2D eigenvalue weighted by Crippen LogP contribution is 2.28. The second kappa shape index (κ2) is 9.11. The summed E-state index contributed by atoms with van der Waals surface area (Å²) >= 11 is 0. The third-order valence-electron chi connectivity index (χ3n) is 4.43. The standard InChI is InChI=1S/C21H27NO3/c1-5-22(15-18-9-7-6-8-16(18)2)21(23)13-11-17-10-12-19(24-3)20(14-17)25-4/h6-10,12,14H,5,11,13,15H2,1-4H3. The van der Waals surface area contributed by atoms with Crippen LogP contribution in [0, 0.1) is 6.92 Å². The van der Waals surface area contributed by atoms with Crippen LogP contribution in [-0.4, -0.2) is 31.6 Å². The van der Waals surface area contributed by atoms with Gasteiger partial charge in [0.15, 0.2) is 11.5 Å². The number of nitrogens with zero attached hydrogens (tertiary/aromatic N) is 1. The van der Waals surface area contributed by atoms with E-state index in [1.54, 1.807) is 14.2 Å². The third-order valence-corrected chi connectivity index (χ3v) is 4.43. The zero-order valence-corrected chi connectivity index (χ0v) is 15.5. The van der Waals surface area contributed by atoms with Gasteiger partial charge in [0.05, 0.1) is 14.2 Å². The number of ether oxygens (including phenoxy) is 2. The van der Waals surface area contributed by atoms with Crippen molar-refractivity contribution in [2.45, 2.75) is 33.2 Å². The summed E-state index contributed by atoms with van der Waals surface area (Å²) in [5.74, 6) is 1.56. The van der Waals surface area contributed by atoms with Crippen LogP contribution in [0.15, 0.2) is 42.5 Å². The van der Waals surface area contributed by atoms with Gasteiger partial charge >= 0.3 is 0 Å². The van der Waals surface area contributed by atoms with Gasteiger partial charge in [0.2, 0.25) is 5.91 Å². The molecule has 0 saturated carbocycles. The molecule has 2 aromatic carbocycles. The fourth-order valence-electron chi connectivity index (χ4n) is 2.81. The molecule has 0 radical (unpaired) electrons. The smallest absolute Gasteiger partial charge is 0.223 e. The van der Waals surface area contributed by atoms with Crippen LogP contribution in [0.5, 0.6) is 11.5 Å². The first-order chi connectivity index (χ1) is 12.1. The summed E-state index contributed by atoms with van der Waals surface area (Å²) in [6.07, 6.45) is 1.17. The van der Waals surface area contributed by atoms with Gasteiger partial charge in [-0.15, -0.1) is 0 Å². The fourth-order valence-corrected chi connectivity index (χ4v) is 2.81. The Kier molecular flexibility index (Phi) is 6.87. The molecule has 0 aliphatic rings. The Morgan fingerprint density at radius 1 is 1.04 bits per heavy atom. The van der Waals surface area contributed by atoms with Gasteiger partial charge in [-0.1, -0.05) is 30.3 Å². The van der Waals surface area contributed by atoms with E-state index in [1.807, 2.05) is 42.2 Å². The lowest BCUT2D eigenvalue weighted by Gasteiger charge is -2.22. The minimum atomic E-state index is 0.167. The second-order valence-corrected chi connectivity index (χ2v) is 6.02. The van der Waals surface area contributed by atoms with Gasteiger partial charge in [0.25, 0.3) is 0 Å². The Balaban J connectivity index is 1.99. The lowest BCUT2D eigenvalue weighted by molar-refractivity contribution is -0.131. The molecule has 0 aliphatic carbocycles. The van der Waals surface area contributed by atoms with Gasteiger partial charge in [0, 0.05) is 19.5 Å². The molecule has 134 valence electrons. The molecule has 0 aliphatic heterocycles. The maximum Gasteiger partial charge on any atom is 0.223 e. The van der Waals surface area contributed by atoms with Gasteiger partial charge in [-0.05, 0) is 49.1 Å². The molecule has 0 atom stereocenters. The molecule has 0 aromatic heterocycles. The quantitative estimate of drug-likeness (QED) is 0.729. The largest absolute Gasteiger partial charge is 0.493 e. The number of hydrogen-bond acceptors (Lipinski definition) is 3. The normalized spacial score (nSPS) is 10.4. The number of amides is 1. The van der Waals surface area contributed by atoms with E-state index in [4.69, 9.17) is 9.47 Å². The van der Waals surface area contributed by atoms with Crippen LogP contribution >= 0.6 is 0 Å². The van der Waals surface area contributed by atoms with E-state index in [2.05, 4.69) is 19.1 Å². The van der Waals surface area contributed by atoms with E-state index in [0.29, 0.717) is 37.4 Å². The lowest BCUT2D eigenvalue weighted by Crippen LogP contribution is -2.30. The van der Waals surface area contributed by atoms with Crippen molar-refractivity contribution in [1.82, 2.24) is 4.90 Å². The van der Waals surface area contributed by atoms with Crippen LogP contribution in [0.4, 0.5) is 0 Å². The summed E-state index contributed by atoms with van der Waals surface area (Å²) in [5.41, 5.74) is 3.48. The molecule has 0 N–H and O–H groups in total. The van der Waals surface area contributed by atoms with Gasteiger partial charge < -0.3 is 14.4 Å². The Bertz CT molecular complexity index is 712. The number of methoxy groups -OCH3 is 2. The number of rotatable bonds is 8. The first kappa shape index (κ1) is 18.8. The molecular weight excluding hydrogens is 314 g/mol. The van der Waals surface area contributed by atoms with Crippen molar-refractivity contribution in [3.8, 4) is 11.5 Å². The summed E-state index contributed by atoms with van der Waals surface area (Å²) < 4.78 is 10.6. The minimum Gasteiger partial charge on any atom is -0.493 e. The van der Waals surface area contributed by atoms with Crippen LogP contribution in [0.2, 0.25) is 0 Å². The molecule has 0 fully saturated rings. The van der Waals surface area contributed by atoms with Crippen molar-refractivity contribution >= 4 is 5.91 Å². The molecule has 25 heavy (non-hydrogen) atoms. The lowest BCUT2D eigenvalue weighted by atomic mass is 10.1. The summed E-state index contributed by atoms with van der Waals surface area (Å²) in [6, 6.07) is 14.0. The predicted octanol–water partition coefficient (Wildman–Crippen LogP) is 3.99. The zero-order valence-electron chi connectivity index (χ0n) is 15.5. The van der Waals surface area contributed by atoms with Gasteiger partial charge in [-0.3, -0.25) is 4.79 Å². The number of hydrogen-bond donors (Lipinski definition) is 0. The summed E-state index contributed by atoms with van der Waals surface area (Å²) in [6.45, 7) is 5.47. The van der Waals surface area contributed by atoms with Crippen molar-refractivity contribution in [2.24, 2.45) is 0 Å². The monoisotopic (exact) mass is 341 g/mol. The zero-order chi connectivity index (χ0) is 18.2. The Morgan fingerprint density at radius 3 is 2.40 bits per heavy atom. The molecule has 0 heterocycles. The van der Waals surface area contributed by atoms with E-state index in [1.165, 1.54) is 11.1 Å². The Labute approximate surface area is 150 Å². The van der Waals surface area contributed by atoms with Gasteiger partial charge in [0.1, 0.15) is 0 Å². The molecule has 2 aromatic rings. The summed E-state index contributed by atoms with van der Waals surface area (Å²) in [5, 5.41) is 0. The average molecular weight is 341 g/mol. The summed E-state index contributed by atoms with van der Waals surface area (Å²) in [4.78, 5) is 14.5. The predicted molar refractivity (Wildman–Crippen MR) is 100 cm³/mol. The van der Waals surface area contributed by atoms with Gasteiger partial charge in [-0.25, -0.2) is 0 Å². The minimum absolute atomic E-state index is 0.167. The van der Waals surface area contributed by atoms with Crippen LogP contribution in [0.3, 0.4) is 0 Å². The first-order valence-electron chi connectivity index (χ1n) is 8.62. The van der Waals surface area contributed by atoms with Crippen LogP contribution < -0.4 is 9.47 Å². The molecule has 0 unspecified atom stereocenters. The maximum atomic E-state index is 12.6. The van der Waals surface area contributed by atoms with E-state index < -0.39 is 0 Å². The van der Waals surface area contributed by atoms with Crippen molar-refractivity contribution in [3.63, 3.8) is 0 Å². The SMILES string of the molecule is CCN(Cc1ccccc1C)C(=O)CCc1ccc(OC)c(OC)c1. The highest BCUT2D eigenvalue weighted by atomic mass is 16.5. The van der Waals surface area contributed by atoms with E-state index in [9.17, 15) is 4.79 Å². The number of carbonyl (C=O) groups excluding carboxylic acids is 1. The molecule has 0 spiro atoms. The second-order valence-electron chi connectivity index (χ2n) is 6.02. The Hall–Kier alpha value is -2.49. The molecule has 2 rings (SSSR count). The first-order valence-corrected chi connectivity index (χ1v) is 8.62. The molecule has 0 saturated heterocycles. The van der Waals surface area contributed by atoms with Crippen LogP contribution in [0.25, 0.3) is 0 Å². The Morgan fingerprint density at radius 2 is 1.76 bits per heavy atom. The fraction of sp³-hybridized carbons (Fsp3) is 0.381. The van der Waals surface area contributed by atoms with Crippen LogP contribution in [-0.2, 0) is 17.8 Å². The van der Waals surface area contributed by atoms with Crippen molar-refractivity contribution in [2.75, 3.05) is 20.8 Å². The van der Waals surface area contributed by atoms with E-state index in [0.717, 1.165) is 5.56 Å². The van der Waals surface area contributed by atoms with E-state index in [-0.39, 0.29) is 5.91 Å². The topological polar surface area (TPSA) is 38.8 Å². The highest BCUT2D eigenvalue weighted by molar-refractivity contribution is 5.76. The molecule has 0 bridgehead atoms. The highest BCUT2D eigenvalue weighted by Gasteiger charge is 2.14. The molecule has 4 heteroatoms. The van der Waals surface area contributed by atoms with Crippen LogP contribution in [0.1, 0.15) is 30.0 Å². The summed E-state index contributed by atoms with van der Waals surface area (Å²) in [7, 11) is 3.24. The van der Waals surface area contributed by atoms with Crippen molar-refractivity contribution in [1.29, 1.82) is 0 Å². The molecule has 4 nitrogen and oxygen atoms in total. The van der Waals surface area contributed by atoms with Crippen molar-refractivity contribution in [3.05, 3.63) is 59.2 Å². The third kappa shape index (κ3) is 4.99. The average Bonchev–Trinajstić information content (AvgIpc) is 2.65. The number of carbonyl (C=O) groups is 1. The molecule has 1 amide bonds. The van der Waals surface area contributed by atoms with E-state index >= 15 is 0 Å². The molecular formula is C21H27NO3. The number of benzene rings is 2. The van der Waals surface area contributed by atoms with Crippen molar-refractivity contribution < 1.29 is 14.3 Å². The van der Waals surface area contributed by atoms with Gasteiger partial charge in [-0.2, -0.15) is 0 Å². The number of aryl methyl sites for hydroxylation is 2. The maximum absolute atomic E-state index is 12.6.